The topological polar surface area (TPSA) is 72.2 Å². The minimum Gasteiger partial charge on any atom is -0.476 e. The molecule has 1 heterocycles. The smallest absolute Gasteiger partial charge is 0.357 e. The van der Waals surface area contributed by atoms with Crippen LogP contribution in [0, 0.1) is 0 Å². The fourth-order valence-electron chi connectivity index (χ4n) is 1.46. The number of rotatable bonds is 1. The van der Waals surface area contributed by atoms with E-state index in [9.17, 15) is 9.59 Å². The van der Waals surface area contributed by atoms with Gasteiger partial charge in [-0.3, -0.25) is 4.79 Å². The third kappa shape index (κ3) is 1.38. The first-order valence-corrected chi connectivity index (χ1v) is 4.33. The summed E-state index contributed by atoms with van der Waals surface area (Å²) in [5.74, 6) is -1.44. The van der Waals surface area contributed by atoms with Gasteiger partial charge in [-0.25, -0.2) is 4.79 Å². The van der Waals surface area contributed by atoms with E-state index in [-0.39, 0.29) is 11.6 Å². The first-order valence-electron chi connectivity index (χ1n) is 4.33. The molecule has 2 rings (SSSR count). The van der Waals surface area contributed by atoms with Gasteiger partial charge in [0.05, 0.1) is 5.52 Å². The van der Waals surface area contributed by atoms with E-state index in [4.69, 9.17) is 5.11 Å². The summed E-state index contributed by atoms with van der Waals surface area (Å²) < 4.78 is 1.10. The summed E-state index contributed by atoms with van der Waals surface area (Å²) in [5.41, 5.74) is 0.420. The molecule has 0 aliphatic rings. The first-order chi connectivity index (χ1) is 7.11. The van der Waals surface area contributed by atoms with Gasteiger partial charge in [0.1, 0.15) is 0 Å². The zero-order valence-corrected chi connectivity index (χ0v) is 7.97. The third-order valence-corrected chi connectivity index (χ3v) is 2.09. The number of carboxylic acids is 1. The minimum atomic E-state index is -1.13. The molecule has 0 aliphatic carbocycles. The Bertz CT molecular complexity index is 509. The van der Waals surface area contributed by atoms with Crippen LogP contribution in [0.5, 0.6) is 0 Å². The molecule has 15 heavy (non-hydrogen) atoms. The summed E-state index contributed by atoms with van der Waals surface area (Å²) in [6.07, 6.45) is 0. The van der Waals surface area contributed by atoms with Gasteiger partial charge in [0.25, 0.3) is 0 Å². The summed E-state index contributed by atoms with van der Waals surface area (Å²) in [7, 11) is 0. The summed E-state index contributed by atoms with van der Waals surface area (Å²) in [4.78, 5) is 22.1. The number of nitrogens with zero attached hydrogens (tertiary/aromatic N) is 2. The molecular formula is C10H8N2O3. The first kappa shape index (κ1) is 9.39. The number of carboxylic acid groups (broad SMARTS) is 1. The normalized spacial score (nSPS) is 10.5. The highest BCUT2D eigenvalue weighted by molar-refractivity contribution is 6.03. The second-order valence-corrected chi connectivity index (χ2v) is 3.10. The summed E-state index contributed by atoms with van der Waals surface area (Å²) in [6.45, 7) is 1.34. The number of para-hydroxylation sites is 1. The van der Waals surface area contributed by atoms with E-state index in [0.29, 0.717) is 10.9 Å². The molecule has 5 nitrogen and oxygen atoms in total. The number of aromatic nitrogens is 2. The van der Waals surface area contributed by atoms with Crippen LogP contribution in [-0.2, 0) is 0 Å². The zero-order chi connectivity index (χ0) is 11.0. The maximum absolute atomic E-state index is 11.2. The quantitative estimate of drug-likeness (QED) is 0.761. The number of aromatic carboxylic acids is 1. The van der Waals surface area contributed by atoms with Crippen molar-refractivity contribution in [3.8, 4) is 0 Å². The molecule has 0 atom stereocenters. The standard InChI is InChI=1S/C10H8N2O3/c1-6(13)12-8-5-3-2-4-7(8)9(11-12)10(14)15/h2-5H,1H3,(H,14,15). The predicted molar refractivity (Wildman–Crippen MR) is 53.0 cm³/mol. The van der Waals surface area contributed by atoms with Gasteiger partial charge in [0.2, 0.25) is 5.91 Å². The van der Waals surface area contributed by atoms with Crippen molar-refractivity contribution >= 4 is 22.8 Å². The Morgan fingerprint density at radius 1 is 1.33 bits per heavy atom. The molecule has 1 aromatic heterocycles. The van der Waals surface area contributed by atoms with E-state index in [1.54, 1.807) is 24.3 Å². The van der Waals surface area contributed by atoms with Gasteiger partial charge < -0.3 is 5.11 Å². The monoisotopic (exact) mass is 204 g/mol. The second-order valence-electron chi connectivity index (χ2n) is 3.10. The molecule has 76 valence electrons. The van der Waals surface area contributed by atoms with Gasteiger partial charge in [-0.15, -0.1) is 0 Å². The molecule has 0 saturated heterocycles. The lowest BCUT2D eigenvalue weighted by atomic mass is 10.2. The average Bonchev–Trinajstić information content (AvgIpc) is 2.56. The number of fused-ring (bicyclic) bond motifs is 1. The Labute approximate surface area is 84.9 Å². The highest BCUT2D eigenvalue weighted by atomic mass is 16.4. The van der Waals surface area contributed by atoms with Crippen molar-refractivity contribution in [2.45, 2.75) is 6.92 Å². The summed E-state index contributed by atoms with van der Waals surface area (Å²) in [5, 5.41) is 13.1. The van der Waals surface area contributed by atoms with Crippen LogP contribution in [0.25, 0.3) is 10.9 Å². The van der Waals surface area contributed by atoms with Gasteiger partial charge in [0, 0.05) is 12.3 Å². The van der Waals surface area contributed by atoms with Crippen LogP contribution in [-0.4, -0.2) is 26.8 Å². The highest BCUT2D eigenvalue weighted by Crippen LogP contribution is 2.17. The second kappa shape index (κ2) is 3.20. The molecule has 0 aliphatic heterocycles. The van der Waals surface area contributed by atoms with Crippen LogP contribution in [0.15, 0.2) is 24.3 Å². The SMILES string of the molecule is CC(=O)n1nc(C(=O)O)c2ccccc21. The molecule has 0 amide bonds. The Kier molecular flexibility index (Phi) is 2.00. The fourth-order valence-corrected chi connectivity index (χ4v) is 1.46. The maximum atomic E-state index is 11.2. The molecule has 0 unspecified atom stereocenters. The predicted octanol–water partition coefficient (Wildman–Crippen LogP) is 1.39. The van der Waals surface area contributed by atoms with Crippen LogP contribution in [0.2, 0.25) is 0 Å². The molecule has 0 spiro atoms. The molecule has 0 saturated carbocycles. The van der Waals surface area contributed by atoms with E-state index in [2.05, 4.69) is 5.10 Å². The van der Waals surface area contributed by atoms with E-state index in [1.165, 1.54) is 6.92 Å². The molecule has 1 N–H and O–H groups in total. The van der Waals surface area contributed by atoms with E-state index in [1.807, 2.05) is 0 Å². The zero-order valence-electron chi connectivity index (χ0n) is 7.97. The Morgan fingerprint density at radius 3 is 2.60 bits per heavy atom. The van der Waals surface area contributed by atoms with Gasteiger partial charge in [-0.2, -0.15) is 9.78 Å². The van der Waals surface area contributed by atoms with Crippen LogP contribution in [0.4, 0.5) is 0 Å². The van der Waals surface area contributed by atoms with Crippen LogP contribution < -0.4 is 0 Å². The lowest BCUT2D eigenvalue weighted by Gasteiger charge is -1.94. The van der Waals surface area contributed by atoms with Crippen molar-refractivity contribution in [2.24, 2.45) is 0 Å². The van der Waals surface area contributed by atoms with Crippen molar-refractivity contribution in [1.29, 1.82) is 0 Å². The molecule has 2 aromatic rings. The van der Waals surface area contributed by atoms with Crippen LogP contribution in [0.1, 0.15) is 22.2 Å². The minimum absolute atomic E-state index is 0.0965. The van der Waals surface area contributed by atoms with Gasteiger partial charge in [0.15, 0.2) is 5.69 Å². The third-order valence-electron chi connectivity index (χ3n) is 2.09. The van der Waals surface area contributed by atoms with Crippen LogP contribution in [0.3, 0.4) is 0 Å². The van der Waals surface area contributed by atoms with Crippen molar-refractivity contribution in [3.05, 3.63) is 30.0 Å². The van der Waals surface area contributed by atoms with Gasteiger partial charge in [-0.05, 0) is 6.07 Å². The molecule has 0 bridgehead atoms. The molecular weight excluding hydrogens is 196 g/mol. The summed E-state index contributed by atoms with van der Waals surface area (Å²) in [6, 6.07) is 6.73. The van der Waals surface area contributed by atoms with Crippen molar-refractivity contribution in [1.82, 2.24) is 9.78 Å². The fraction of sp³-hybridized carbons (Fsp3) is 0.100. The Morgan fingerprint density at radius 2 is 2.00 bits per heavy atom. The van der Waals surface area contributed by atoms with Crippen LogP contribution >= 0.6 is 0 Å². The van der Waals surface area contributed by atoms with E-state index in [0.717, 1.165) is 4.68 Å². The largest absolute Gasteiger partial charge is 0.476 e. The van der Waals surface area contributed by atoms with Gasteiger partial charge >= 0.3 is 5.97 Å². The number of benzene rings is 1. The average molecular weight is 204 g/mol. The number of hydrogen-bond donors (Lipinski definition) is 1. The molecule has 5 heteroatoms. The van der Waals surface area contributed by atoms with Crippen molar-refractivity contribution < 1.29 is 14.7 Å². The highest BCUT2D eigenvalue weighted by Gasteiger charge is 2.17. The number of carbonyl (C=O) groups excluding carboxylic acids is 1. The van der Waals surface area contributed by atoms with Crippen molar-refractivity contribution in [2.75, 3.05) is 0 Å². The number of hydrogen-bond acceptors (Lipinski definition) is 3. The molecule has 0 fully saturated rings. The Hall–Kier alpha value is -2.17. The van der Waals surface area contributed by atoms with Crippen molar-refractivity contribution in [3.63, 3.8) is 0 Å². The Balaban J connectivity index is 2.85. The summed E-state index contributed by atoms with van der Waals surface area (Å²) >= 11 is 0. The molecule has 0 radical (unpaired) electrons. The molecule has 1 aromatic carbocycles. The lowest BCUT2D eigenvalue weighted by Crippen LogP contribution is -2.08. The lowest BCUT2D eigenvalue weighted by molar-refractivity contribution is 0.0691. The van der Waals surface area contributed by atoms with E-state index >= 15 is 0 Å². The van der Waals surface area contributed by atoms with Gasteiger partial charge in [-0.1, -0.05) is 18.2 Å². The number of carbonyl (C=O) groups is 2. The maximum Gasteiger partial charge on any atom is 0.357 e. The van der Waals surface area contributed by atoms with E-state index < -0.39 is 5.97 Å².